The highest BCUT2D eigenvalue weighted by Gasteiger charge is 2.34. The summed E-state index contributed by atoms with van der Waals surface area (Å²) in [7, 11) is 0. The maximum absolute atomic E-state index is 4.81. The van der Waals surface area contributed by atoms with E-state index in [0.717, 1.165) is 11.7 Å². The highest BCUT2D eigenvalue weighted by molar-refractivity contribution is 14.1. The first-order chi connectivity index (χ1) is 9.27. The Morgan fingerprint density at radius 2 is 1.95 bits per heavy atom. The Bertz CT molecular complexity index is 481. The lowest BCUT2D eigenvalue weighted by Gasteiger charge is -2.38. The van der Waals surface area contributed by atoms with E-state index in [1.807, 2.05) is 11.8 Å². The molecule has 0 unspecified atom stereocenters. The molecule has 19 heavy (non-hydrogen) atoms. The second-order valence-corrected chi connectivity index (χ2v) is 7.70. The number of halogens is 1. The molecule has 1 saturated carbocycles. The average Bonchev–Trinajstić information content (AvgIpc) is 2.45. The largest absolute Gasteiger partial charge is 0.334 e. The Morgan fingerprint density at radius 1 is 1.16 bits per heavy atom. The zero-order chi connectivity index (χ0) is 13.1. The molecular weight excluding hydrogens is 367 g/mol. The minimum atomic E-state index is 0.512. The van der Waals surface area contributed by atoms with Crippen molar-refractivity contribution in [3.05, 3.63) is 27.8 Å². The molecular formula is C15H19IN2S. The van der Waals surface area contributed by atoms with Crippen LogP contribution in [0.3, 0.4) is 0 Å². The van der Waals surface area contributed by atoms with Gasteiger partial charge in [-0.15, -0.1) is 0 Å². The van der Waals surface area contributed by atoms with Crippen LogP contribution in [0.1, 0.15) is 32.1 Å². The Kier molecular flexibility index (Phi) is 4.37. The highest BCUT2D eigenvalue weighted by atomic mass is 127. The number of thioether (sulfide) groups is 1. The number of hydrogen-bond acceptors (Lipinski definition) is 3. The molecule has 1 aromatic carbocycles. The van der Waals surface area contributed by atoms with Crippen molar-refractivity contribution in [2.45, 2.75) is 32.1 Å². The smallest absolute Gasteiger partial charge is 0.161 e. The van der Waals surface area contributed by atoms with Crippen LogP contribution in [0.25, 0.3) is 0 Å². The molecule has 3 rings (SSSR count). The van der Waals surface area contributed by atoms with Crippen LogP contribution in [0, 0.1) is 8.99 Å². The lowest BCUT2D eigenvalue weighted by atomic mass is 9.75. The summed E-state index contributed by atoms with van der Waals surface area (Å²) in [5.41, 5.74) is 1.69. The van der Waals surface area contributed by atoms with E-state index in [1.54, 1.807) is 0 Å². The Balaban J connectivity index is 1.66. The SMILES string of the molecule is Ic1ccccc1NC1=NCC2(CCCCC2)CS1. The molecule has 2 aliphatic rings. The highest BCUT2D eigenvalue weighted by Crippen LogP contribution is 2.42. The lowest BCUT2D eigenvalue weighted by molar-refractivity contribution is 0.232. The summed E-state index contributed by atoms with van der Waals surface area (Å²) < 4.78 is 1.25. The Morgan fingerprint density at radius 3 is 2.63 bits per heavy atom. The molecule has 1 N–H and O–H groups in total. The molecule has 102 valence electrons. The van der Waals surface area contributed by atoms with Gasteiger partial charge in [0.05, 0.1) is 5.69 Å². The van der Waals surface area contributed by atoms with Gasteiger partial charge in [-0.25, -0.2) is 0 Å². The quantitative estimate of drug-likeness (QED) is 0.704. The number of benzene rings is 1. The van der Waals surface area contributed by atoms with Crippen LogP contribution >= 0.6 is 34.4 Å². The van der Waals surface area contributed by atoms with Crippen molar-refractivity contribution in [2.24, 2.45) is 10.4 Å². The maximum atomic E-state index is 4.81. The van der Waals surface area contributed by atoms with Crippen molar-refractivity contribution in [2.75, 3.05) is 17.6 Å². The molecule has 0 aromatic heterocycles. The van der Waals surface area contributed by atoms with E-state index in [0.29, 0.717) is 5.41 Å². The molecule has 1 spiro atoms. The molecule has 1 aliphatic heterocycles. The molecule has 4 heteroatoms. The van der Waals surface area contributed by atoms with Crippen molar-refractivity contribution >= 4 is 45.2 Å². The number of anilines is 1. The third kappa shape index (κ3) is 3.27. The summed E-state index contributed by atoms with van der Waals surface area (Å²) in [5.74, 6) is 1.24. The van der Waals surface area contributed by atoms with Gasteiger partial charge in [0.2, 0.25) is 0 Å². The third-order valence-electron chi connectivity index (χ3n) is 4.10. The van der Waals surface area contributed by atoms with Gasteiger partial charge in [-0.05, 0) is 53.0 Å². The minimum absolute atomic E-state index is 0.512. The molecule has 1 aliphatic carbocycles. The van der Waals surface area contributed by atoms with Crippen LogP contribution in [0.15, 0.2) is 29.3 Å². The van der Waals surface area contributed by atoms with E-state index in [-0.39, 0.29) is 0 Å². The van der Waals surface area contributed by atoms with E-state index >= 15 is 0 Å². The summed E-state index contributed by atoms with van der Waals surface area (Å²) in [4.78, 5) is 4.81. The van der Waals surface area contributed by atoms with Crippen molar-refractivity contribution in [1.29, 1.82) is 0 Å². The fourth-order valence-corrected chi connectivity index (χ4v) is 4.59. The van der Waals surface area contributed by atoms with E-state index in [4.69, 9.17) is 4.99 Å². The number of nitrogens with one attached hydrogen (secondary N) is 1. The number of amidine groups is 1. The molecule has 1 aromatic rings. The van der Waals surface area contributed by atoms with Gasteiger partial charge in [-0.2, -0.15) is 0 Å². The number of hydrogen-bond donors (Lipinski definition) is 1. The standard InChI is InChI=1S/C15H19IN2S/c16-12-6-2-3-7-13(12)18-14-17-10-15(11-19-14)8-4-1-5-9-15/h2-3,6-7H,1,4-5,8-11H2,(H,17,18). The van der Waals surface area contributed by atoms with Crippen LogP contribution in [-0.4, -0.2) is 17.5 Å². The fourth-order valence-electron chi connectivity index (χ4n) is 2.91. The molecule has 0 amide bonds. The average molecular weight is 386 g/mol. The summed E-state index contributed by atoms with van der Waals surface area (Å²) in [5, 5.41) is 4.57. The van der Waals surface area contributed by atoms with Crippen LogP contribution in [0.2, 0.25) is 0 Å². The van der Waals surface area contributed by atoms with Gasteiger partial charge in [0, 0.05) is 15.9 Å². The van der Waals surface area contributed by atoms with Gasteiger partial charge < -0.3 is 5.32 Å². The van der Waals surface area contributed by atoms with Crippen molar-refractivity contribution in [1.82, 2.24) is 0 Å². The number of para-hydroxylation sites is 1. The molecule has 0 bridgehead atoms. The normalized spacial score (nSPS) is 22.1. The zero-order valence-electron chi connectivity index (χ0n) is 11.0. The van der Waals surface area contributed by atoms with Crippen LogP contribution < -0.4 is 5.32 Å². The molecule has 0 saturated heterocycles. The van der Waals surface area contributed by atoms with Crippen molar-refractivity contribution < 1.29 is 0 Å². The van der Waals surface area contributed by atoms with Gasteiger partial charge in [-0.1, -0.05) is 43.2 Å². The first-order valence-electron chi connectivity index (χ1n) is 6.96. The van der Waals surface area contributed by atoms with Gasteiger partial charge >= 0.3 is 0 Å². The predicted octanol–water partition coefficient (Wildman–Crippen LogP) is 4.76. The van der Waals surface area contributed by atoms with Crippen LogP contribution in [0.5, 0.6) is 0 Å². The van der Waals surface area contributed by atoms with Gasteiger partial charge in [0.15, 0.2) is 5.17 Å². The van der Waals surface area contributed by atoms with Gasteiger partial charge in [-0.3, -0.25) is 4.99 Å². The maximum Gasteiger partial charge on any atom is 0.161 e. The number of aliphatic imine (C=N–C) groups is 1. The second-order valence-electron chi connectivity index (χ2n) is 5.58. The third-order valence-corrected chi connectivity index (χ3v) is 6.30. The van der Waals surface area contributed by atoms with Gasteiger partial charge in [0.1, 0.15) is 0 Å². The summed E-state index contributed by atoms with van der Waals surface area (Å²) >= 11 is 4.27. The van der Waals surface area contributed by atoms with Crippen molar-refractivity contribution in [3.63, 3.8) is 0 Å². The van der Waals surface area contributed by atoms with Crippen LogP contribution in [0.4, 0.5) is 5.69 Å². The first-order valence-corrected chi connectivity index (χ1v) is 9.03. The monoisotopic (exact) mass is 386 g/mol. The van der Waals surface area contributed by atoms with E-state index in [9.17, 15) is 0 Å². The number of nitrogens with zero attached hydrogens (tertiary/aromatic N) is 1. The molecule has 0 radical (unpaired) electrons. The minimum Gasteiger partial charge on any atom is -0.334 e. The molecule has 1 fully saturated rings. The molecule has 2 nitrogen and oxygen atoms in total. The van der Waals surface area contributed by atoms with E-state index < -0.39 is 0 Å². The van der Waals surface area contributed by atoms with E-state index in [2.05, 4.69) is 52.2 Å². The zero-order valence-corrected chi connectivity index (χ0v) is 14.0. The number of rotatable bonds is 1. The van der Waals surface area contributed by atoms with Crippen LogP contribution in [-0.2, 0) is 0 Å². The fraction of sp³-hybridized carbons (Fsp3) is 0.533. The molecule has 1 heterocycles. The Hall–Kier alpha value is -0.230. The summed E-state index contributed by atoms with van der Waals surface area (Å²) in [6.45, 7) is 1.02. The topological polar surface area (TPSA) is 24.4 Å². The van der Waals surface area contributed by atoms with E-state index in [1.165, 1.54) is 47.1 Å². The summed E-state index contributed by atoms with van der Waals surface area (Å²) in [6, 6.07) is 8.39. The second kappa shape index (κ2) is 6.04. The first kappa shape index (κ1) is 13.7. The predicted molar refractivity (Wildman–Crippen MR) is 93.1 cm³/mol. The van der Waals surface area contributed by atoms with Gasteiger partial charge in [0.25, 0.3) is 0 Å². The lowest BCUT2D eigenvalue weighted by Crippen LogP contribution is -2.35. The Labute approximate surface area is 133 Å². The van der Waals surface area contributed by atoms with Crippen molar-refractivity contribution in [3.8, 4) is 0 Å². The molecule has 0 atom stereocenters. The summed E-state index contributed by atoms with van der Waals surface area (Å²) in [6.07, 6.45) is 6.97.